The van der Waals surface area contributed by atoms with Crippen LogP contribution in [0, 0.1) is 5.82 Å². The number of benzene rings is 1. The Kier molecular flexibility index (Phi) is 5.71. The Morgan fingerprint density at radius 3 is 2.70 bits per heavy atom. The van der Waals surface area contributed by atoms with Gasteiger partial charge in [-0.05, 0) is 29.8 Å². The van der Waals surface area contributed by atoms with Crippen molar-refractivity contribution in [2.24, 2.45) is 0 Å². The van der Waals surface area contributed by atoms with Gasteiger partial charge in [-0.15, -0.1) is 0 Å². The fourth-order valence-corrected chi connectivity index (χ4v) is 1.60. The van der Waals surface area contributed by atoms with Crippen LogP contribution in [0.25, 0.3) is 6.08 Å². The van der Waals surface area contributed by atoms with Gasteiger partial charge in [0.05, 0.1) is 0 Å². The third-order valence-corrected chi connectivity index (χ3v) is 2.72. The number of aliphatic carboxylic acids is 1. The maximum atomic E-state index is 13.5. The Morgan fingerprint density at radius 1 is 1.40 bits per heavy atom. The number of amides is 1. The van der Waals surface area contributed by atoms with Gasteiger partial charge in [-0.1, -0.05) is 0 Å². The van der Waals surface area contributed by atoms with E-state index in [0.717, 1.165) is 6.08 Å². The predicted octanol–water partition coefficient (Wildman–Crippen LogP) is 1.50. The SMILES string of the molecule is CNC(=O)CCN(C)c1cc(F)cc(/C=C/C(=O)O)c1. The summed E-state index contributed by atoms with van der Waals surface area (Å²) in [5.74, 6) is -1.65. The summed E-state index contributed by atoms with van der Waals surface area (Å²) in [6.07, 6.45) is 2.56. The van der Waals surface area contributed by atoms with Crippen LogP contribution in [0.2, 0.25) is 0 Å². The van der Waals surface area contributed by atoms with Crippen molar-refractivity contribution < 1.29 is 19.1 Å². The summed E-state index contributed by atoms with van der Waals surface area (Å²) in [7, 11) is 3.29. The van der Waals surface area contributed by atoms with E-state index in [4.69, 9.17) is 5.11 Å². The first-order valence-corrected chi connectivity index (χ1v) is 6.05. The second-order valence-electron chi connectivity index (χ2n) is 4.26. The molecule has 2 N–H and O–H groups in total. The molecule has 0 atom stereocenters. The third kappa shape index (κ3) is 5.09. The number of carbonyl (C=O) groups is 2. The van der Waals surface area contributed by atoms with Crippen LogP contribution >= 0.6 is 0 Å². The first-order chi connectivity index (χ1) is 9.42. The van der Waals surface area contributed by atoms with Crippen LogP contribution in [-0.4, -0.2) is 37.6 Å². The van der Waals surface area contributed by atoms with E-state index in [2.05, 4.69) is 5.32 Å². The molecule has 1 aromatic rings. The molecule has 0 radical (unpaired) electrons. The molecule has 0 fully saturated rings. The largest absolute Gasteiger partial charge is 0.478 e. The number of carboxylic acids is 1. The molecule has 6 heteroatoms. The molecule has 1 rings (SSSR count). The van der Waals surface area contributed by atoms with Crippen molar-refractivity contribution in [1.29, 1.82) is 0 Å². The van der Waals surface area contributed by atoms with Crippen molar-refractivity contribution in [1.82, 2.24) is 5.32 Å². The topological polar surface area (TPSA) is 69.6 Å². The van der Waals surface area contributed by atoms with Crippen LogP contribution in [-0.2, 0) is 9.59 Å². The van der Waals surface area contributed by atoms with Gasteiger partial charge in [-0.3, -0.25) is 4.79 Å². The molecule has 0 saturated carbocycles. The van der Waals surface area contributed by atoms with E-state index in [-0.39, 0.29) is 5.91 Å². The lowest BCUT2D eigenvalue weighted by Crippen LogP contribution is -2.26. The van der Waals surface area contributed by atoms with E-state index in [9.17, 15) is 14.0 Å². The third-order valence-electron chi connectivity index (χ3n) is 2.72. The molecule has 20 heavy (non-hydrogen) atoms. The van der Waals surface area contributed by atoms with Gasteiger partial charge in [0.2, 0.25) is 5.91 Å². The Balaban J connectivity index is 2.84. The first-order valence-electron chi connectivity index (χ1n) is 6.05. The van der Waals surface area contributed by atoms with Gasteiger partial charge in [0.25, 0.3) is 0 Å². The van der Waals surface area contributed by atoms with Crippen molar-refractivity contribution >= 4 is 23.6 Å². The van der Waals surface area contributed by atoms with Crippen LogP contribution in [0.1, 0.15) is 12.0 Å². The van der Waals surface area contributed by atoms with Gasteiger partial charge in [0.15, 0.2) is 0 Å². The average molecular weight is 280 g/mol. The minimum atomic E-state index is -1.09. The van der Waals surface area contributed by atoms with Gasteiger partial charge in [0.1, 0.15) is 5.82 Å². The Labute approximate surface area is 116 Å². The molecule has 1 amide bonds. The lowest BCUT2D eigenvalue weighted by atomic mass is 10.1. The van der Waals surface area contributed by atoms with Crippen molar-refractivity contribution in [2.45, 2.75) is 6.42 Å². The van der Waals surface area contributed by atoms with E-state index >= 15 is 0 Å². The number of carboxylic acid groups (broad SMARTS) is 1. The second kappa shape index (κ2) is 7.28. The molecule has 0 aliphatic carbocycles. The fourth-order valence-electron chi connectivity index (χ4n) is 1.60. The Hall–Kier alpha value is -2.37. The van der Waals surface area contributed by atoms with Crippen LogP contribution in [0.4, 0.5) is 10.1 Å². The molecule has 0 aliphatic rings. The highest BCUT2D eigenvalue weighted by Crippen LogP contribution is 2.18. The molecule has 0 saturated heterocycles. The molecule has 5 nitrogen and oxygen atoms in total. The van der Waals surface area contributed by atoms with Gasteiger partial charge in [-0.25, -0.2) is 9.18 Å². The summed E-state index contributed by atoms with van der Waals surface area (Å²) in [4.78, 5) is 23.4. The first kappa shape index (κ1) is 15.7. The standard InChI is InChI=1S/C14H17FN2O3/c1-16-13(18)5-6-17(2)12-8-10(3-4-14(19)20)7-11(15)9-12/h3-4,7-9H,5-6H2,1-2H3,(H,16,18)(H,19,20)/b4-3+. The number of rotatable bonds is 6. The number of hydrogen-bond donors (Lipinski definition) is 2. The summed E-state index contributed by atoms with van der Waals surface area (Å²) in [6.45, 7) is 0.436. The lowest BCUT2D eigenvalue weighted by Gasteiger charge is -2.19. The van der Waals surface area contributed by atoms with Gasteiger partial charge in [0, 0.05) is 38.8 Å². The van der Waals surface area contributed by atoms with E-state index < -0.39 is 11.8 Å². The normalized spacial score (nSPS) is 10.6. The van der Waals surface area contributed by atoms with Crippen molar-refractivity contribution in [3.8, 4) is 0 Å². The summed E-state index contributed by atoms with van der Waals surface area (Å²) < 4.78 is 13.5. The van der Waals surface area contributed by atoms with Crippen LogP contribution in [0.5, 0.6) is 0 Å². The maximum absolute atomic E-state index is 13.5. The molecular formula is C14H17FN2O3. The number of anilines is 1. The summed E-state index contributed by atoms with van der Waals surface area (Å²) >= 11 is 0. The van der Waals surface area contributed by atoms with Gasteiger partial charge < -0.3 is 15.3 Å². The van der Waals surface area contributed by atoms with E-state index in [1.807, 2.05) is 0 Å². The number of nitrogens with zero attached hydrogens (tertiary/aromatic N) is 1. The molecular weight excluding hydrogens is 263 g/mol. The molecule has 0 spiro atoms. The fraction of sp³-hybridized carbons (Fsp3) is 0.286. The zero-order valence-electron chi connectivity index (χ0n) is 11.4. The Morgan fingerprint density at radius 2 is 2.10 bits per heavy atom. The molecule has 0 heterocycles. The van der Waals surface area contributed by atoms with E-state index in [1.54, 1.807) is 25.1 Å². The highest BCUT2D eigenvalue weighted by Gasteiger charge is 2.06. The number of halogens is 1. The molecule has 108 valence electrons. The molecule has 0 aromatic heterocycles. The van der Waals surface area contributed by atoms with Crippen LogP contribution in [0.15, 0.2) is 24.3 Å². The minimum Gasteiger partial charge on any atom is -0.478 e. The van der Waals surface area contributed by atoms with Crippen LogP contribution < -0.4 is 10.2 Å². The average Bonchev–Trinajstić information content (AvgIpc) is 2.41. The summed E-state index contributed by atoms with van der Waals surface area (Å²) in [5.41, 5.74) is 1.04. The smallest absolute Gasteiger partial charge is 0.328 e. The quantitative estimate of drug-likeness (QED) is 0.775. The van der Waals surface area contributed by atoms with Crippen molar-refractivity contribution in [3.63, 3.8) is 0 Å². The zero-order chi connectivity index (χ0) is 15.1. The lowest BCUT2D eigenvalue weighted by molar-refractivity contribution is -0.131. The second-order valence-corrected chi connectivity index (χ2v) is 4.26. The number of hydrogen-bond acceptors (Lipinski definition) is 3. The number of carbonyl (C=O) groups excluding carboxylic acids is 1. The minimum absolute atomic E-state index is 0.0979. The van der Waals surface area contributed by atoms with Crippen molar-refractivity contribution in [3.05, 3.63) is 35.7 Å². The summed E-state index contributed by atoms with van der Waals surface area (Å²) in [6, 6.07) is 4.24. The zero-order valence-corrected chi connectivity index (χ0v) is 11.4. The summed E-state index contributed by atoms with van der Waals surface area (Å²) in [5, 5.41) is 11.1. The highest BCUT2D eigenvalue weighted by molar-refractivity contribution is 5.85. The maximum Gasteiger partial charge on any atom is 0.328 e. The number of nitrogens with one attached hydrogen (secondary N) is 1. The van der Waals surface area contributed by atoms with Gasteiger partial charge >= 0.3 is 5.97 Å². The molecule has 0 aliphatic heterocycles. The molecule has 1 aromatic carbocycles. The molecule has 0 unspecified atom stereocenters. The van der Waals surface area contributed by atoms with E-state index in [0.29, 0.717) is 24.2 Å². The predicted molar refractivity (Wildman–Crippen MR) is 75.0 cm³/mol. The van der Waals surface area contributed by atoms with Crippen molar-refractivity contribution in [2.75, 3.05) is 25.5 Å². The molecule has 0 bridgehead atoms. The monoisotopic (exact) mass is 280 g/mol. The Bertz CT molecular complexity index is 529. The van der Waals surface area contributed by atoms with Gasteiger partial charge in [-0.2, -0.15) is 0 Å². The van der Waals surface area contributed by atoms with Crippen LogP contribution in [0.3, 0.4) is 0 Å². The highest BCUT2D eigenvalue weighted by atomic mass is 19.1. The van der Waals surface area contributed by atoms with E-state index in [1.165, 1.54) is 18.2 Å².